The number of benzene rings is 1. The summed E-state index contributed by atoms with van der Waals surface area (Å²) < 4.78 is 90.8. The van der Waals surface area contributed by atoms with Gasteiger partial charge in [-0.25, -0.2) is 21.6 Å². The molecule has 0 unspecified atom stereocenters. The van der Waals surface area contributed by atoms with Crippen LogP contribution in [0, 0.1) is 23.3 Å². The third-order valence-corrected chi connectivity index (χ3v) is 4.05. The molecule has 1 aromatic rings. The molecule has 0 spiro atoms. The molecular formula is C15H17F4NaO4S. The smallest absolute Gasteiger partial charge is 0.744 e. The maximum atomic E-state index is 13.6. The first-order chi connectivity index (χ1) is 11.2. The number of allylic oxidation sites excluding steroid dienone is 1. The van der Waals surface area contributed by atoms with E-state index in [0.29, 0.717) is 6.42 Å². The first-order valence-corrected chi connectivity index (χ1v) is 8.76. The van der Waals surface area contributed by atoms with E-state index in [1.54, 1.807) is 0 Å². The second-order valence-electron chi connectivity index (χ2n) is 5.06. The summed E-state index contributed by atoms with van der Waals surface area (Å²) in [6.45, 7) is 2.06. The van der Waals surface area contributed by atoms with E-state index >= 15 is 0 Å². The van der Waals surface area contributed by atoms with Crippen molar-refractivity contribution in [1.29, 1.82) is 0 Å². The zero-order valence-corrected chi connectivity index (χ0v) is 16.8. The predicted octanol–water partition coefficient (Wildman–Crippen LogP) is 1.40. The summed E-state index contributed by atoms with van der Waals surface area (Å²) in [5.41, 5.74) is 0. The zero-order chi connectivity index (χ0) is 18.3. The van der Waals surface area contributed by atoms with E-state index in [9.17, 15) is 30.5 Å². The molecule has 1 rings (SSSR count). The monoisotopic (exact) mass is 392 g/mol. The third kappa shape index (κ3) is 6.90. The van der Waals surface area contributed by atoms with Crippen molar-refractivity contribution in [3.05, 3.63) is 35.6 Å². The number of unbranched alkanes of at least 4 members (excludes halogenated alkanes) is 5. The quantitative estimate of drug-likeness (QED) is 0.121. The van der Waals surface area contributed by atoms with Crippen LogP contribution in [0.2, 0.25) is 0 Å². The van der Waals surface area contributed by atoms with Crippen LogP contribution in [-0.2, 0) is 10.1 Å². The molecule has 0 N–H and O–H groups in total. The van der Waals surface area contributed by atoms with Crippen molar-refractivity contribution < 1.29 is 64.8 Å². The molecule has 1 aromatic carbocycles. The average molecular weight is 392 g/mol. The molecule has 0 radical (unpaired) electrons. The van der Waals surface area contributed by atoms with Crippen molar-refractivity contribution in [3.8, 4) is 5.75 Å². The van der Waals surface area contributed by atoms with Crippen LogP contribution in [0.15, 0.2) is 17.2 Å². The molecule has 0 aromatic heterocycles. The molecule has 4 nitrogen and oxygen atoms in total. The van der Waals surface area contributed by atoms with E-state index in [-0.39, 0.29) is 29.6 Å². The summed E-state index contributed by atoms with van der Waals surface area (Å²) in [6, 6.07) is 0. The minimum atomic E-state index is -5.61. The van der Waals surface area contributed by atoms with E-state index in [1.165, 1.54) is 6.08 Å². The third-order valence-electron chi connectivity index (χ3n) is 3.19. The molecule has 0 aliphatic rings. The van der Waals surface area contributed by atoms with Crippen molar-refractivity contribution in [2.45, 2.75) is 50.3 Å². The Morgan fingerprint density at radius 1 is 0.960 bits per heavy atom. The molecule has 0 saturated carbocycles. The van der Waals surface area contributed by atoms with Crippen LogP contribution in [0.4, 0.5) is 17.6 Å². The molecular weight excluding hydrogens is 375 g/mol. The molecule has 0 bridgehead atoms. The van der Waals surface area contributed by atoms with Gasteiger partial charge in [-0.3, -0.25) is 0 Å². The molecule has 0 amide bonds. The zero-order valence-electron chi connectivity index (χ0n) is 14.0. The second kappa shape index (κ2) is 11.2. The van der Waals surface area contributed by atoms with E-state index in [2.05, 4.69) is 11.7 Å². The van der Waals surface area contributed by atoms with Gasteiger partial charge in [0.1, 0.15) is 15.0 Å². The largest absolute Gasteiger partial charge is 1.00 e. The van der Waals surface area contributed by atoms with Gasteiger partial charge in [-0.1, -0.05) is 32.6 Å². The maximum absolute atomic E-state index is 13.6. The van der Waals surface area contributed by atoms with Gasteiger partial charge in [-0.2, -0.15) is 4.39 Å². The van der Waals surface area contributed by atoms with Gasteiger partial charge in [-0.05, 0) is 18.9 Å². The number of hydrogen-bond acceptors (Lipinski definition) is 4. The summed E-state index contributed by atoms with van der Waals surface area (Å²) >= 11 is 0. The second-order valence-corrected chi connectivity index (χ2v) is 6.38. The first-order valence-electron chi connectivity index (χ1n) is 7.35. The first kappa shape index (κ1) is 24.4. The SMILES string of the molecule is CCCCCCCC=COc1c(F)c(F)c(F)c(F)c1S(=O)(=O)[O-].[Na+]. The summed E-state index contributed by atoms with van der Waals surface area (Å²) in [4.78, 5) is -1.90. The van der Waals surface area contributed by atoms with Gasteiger partial charge in [0.05, 0.1) is 6.26 Å². The van der Waals surface area contributed by atoms with Crippen molar-refractivity contribution >= 4 is 10.1 Å². The van der Waals surface area contributed by atoms with Crippen molar-refractivity contribution in [1.82, 2.24) is 0 Å². The van der Waals surface area contributed by atoms with Gasteiger partial charge in [0.25, 0.3) is 0 Å². The van der Waals surface area contributed by atoms with Crippen LogP contribution in [0.1, 0.15) is 45.4 Å². The minimum absolute atomic E-state index is 0. The van der Waals surface area contributed by atoms with Crippen LogP contribution in [0.5, 0.6) is 5.75 Å². The summed E-state index contributed by atoms with van der Waals surface area (Å²) in [6.07, 6.45) is 7.60. The van der Waals surface area contributed by atoms with E-state index in [4.69, 9.17) is 0 Å². The minimum Gasteiger partial charge on any atom is -0.744 e. The molecule has 136 valence electrons. The van der Waals surface area contributed by atoms with Gasteiger partial charge < -0.3 is 9.29 Å². The number of halogens is 4. The predicted molar refractivity (Wildman–Crippen MR) is 77.4 cm³/mol. The molecule has 0 heterocycles. The fourth-order valence-electron chi connectivity index (χ4n) is 1.97. The van der Waals surface area contributed by atoms with Crippen LogP contribution in [0.3, 0.4) is 0 Å². The van der Waals surface area contributed by atoms with Crippen LogP contribution in [0.25, 0.3) is 0 Å². The van der Waals surface area contributed by atoms with Gasteiger partial charge in [0, 0.05) is 0 Å². The Kier molecular flexibility index (Phi) is 10.9. The molecule has 0 aliphatic carbocycles. The molecule has 0 saturated heterocycles. The molecule has 0 fully saturated rings. The van der Waals surface area contributed by atoms with Crippen molar-refractivity contribution in [2.75, 3.05) is 0 Å². The average Bonchev–Trinajstić information content (AvgIpc) is 2.51. The summed E-state index contributed by atoms with van der Waals surface area (Å²) in [5, 5.41) is 0. The Morgan fingerprint density at radius 2 is 1.52 bits per heavy atom. The Labute approximate surface area is 166 Å². The van der Waals surface area contributed by atoms with Gasteiger partial charge in [0.15, 0.2) is 17.4 Å². The Balaban J connectivity index is 0.00000576. The number of hydrogen-bond donors (Lipinski definition) is 0. The van der Waals surface area contributed by atoms with Gasteiger partial charge >= 0.3 is 29.6 Å². The molecule has 10 heteroatoms. The van der Waals surface area contributed by atoms with E-state index in [0.717, 1.165) is 38.4 Å². The Bertz CT molecular complexity index is 708. The molecule has 25 heavy (non-hydrogen) atoms. The summed E-state index contributed by atoms with van der Waals surface area (Å²) in [5.74, 6) is -10.6. The van der Waals surface area contributed by atoms with Crippen LogP contribution >= 0.6 is 0 Å². The topological polar surface area (TPSA) is 66.4 Å². The van der Waals surface area contributed by atoms with Crippen LogP contribution in [-0.4, -0.2) is 13.0 Å². The molecule has 0 aliphatic heterocycles. The summed E-state index contributed by atoms with van der Waals surface area (Å²) in [7, 11) is -5.61. The van der Waals surface area contributed by atoms with Gasteiger partial charge in [0.2, 0.25) is 11.6 Å². The normalized spacial score (nSPS) is 11.6. The molecule has 0 atom stereocenters. The van der Waals surface area contributed by atoms with Crippen molar-refractivity contribution in [2.24, 2.45) is 0 Å². The fourth-order valence-corrected chi connectivity index (χ4v) is 2.64. The van der Waals surface area contributed by atoms with Gasteiger partial charge in [-0.15, -0.1) is 0 Å². The Morgan fingerprint density at radius 3 is 2.08 bits per heavy atom. The standard InChI is InChI=1S/C15H18F4O4S.Na/c1-2-3-4-5-6-7-8-9-23-14-12(18)10(16)11(17)13(19)15(14)24(20,21)22;/h8-9H,2-7H2,1H3,(H,20,21,22);/q;+1/p-1. The van der Waals surface area contributed by atoms with Crippen LogP contribution < -0.4 is 34.3 Å². The number of ether oxygens (including phenoxy) is 1. The van der Waals surface area contributed by atoms with Crippen molar-refractivity contribution in [3.63, 3.8) is 0 Å². The maximum Gasteiger partial charge on any atom is 1.00 e. The van der Waals surface area contributed by atoms with E-state index in [1.807, 2.05) is 0 Å². The number of rotatable bonds is 9. The van der Waals surface area contributed by atoms with E-state index < -0.39 is 44.0 Å². The Hall–Kier alpha value is -0.610. The fraction of sp³-hybridized carbons (Fsp3) is 0.467.